The molecule has 1 aromatic carbocycles. The number of halogens is 1. The zero-order valence-electron chi connectivity index (χ0n) is 12.0. The number of aromatic carboxylic acids is 1. The first kappa shape index (κ1) is 14.9. The highest BCUT2D eigenvalue weighted by Crippen LogP contribution is 2.17. The van der Waals surface area contributed by atoms with E-state index in [4.69, 9.17) is 5.11 Å². The standard InChI is InChI=1S/C15H21FN2O2/c1-17(10-12-4-3-7-18(12)2)9-11-5-6-13(15(19)20)14(16)8-11/h5-6,8,12H,3-4,7,9-10H2,1-2H3,(H,19,20). The third-order valence-corrected chi connectivity index (χ3v) is 3.91. The van der Waals surface area contributed by atoms with E-state index >= 15 is 0 Å². The van der Waals surface area contributed by atoms with Crippen LogP contribution >= 0.6 is 0 Å². The summed E-state index contributed by atoms with van der Waals surface area (Å²) < 4.78 is 13.6. The highest BCUT2D eigenvalue weighted by atomic mass is 19.1. The van der Waals surface area contributed by atoms with Crippen LogP contribution in [0.25, 0.3) is 0 Å². The second kappa shape index (κ2) is 6.33. The molecule has 0 amide bonds. The third-order valence-electron chi connectivity index (χ3n) is 3.91. The van der Waals surface area contributed by atoms with E-state index in [-0.39, 0.29) is 5.56 Å². The van der Waals surface area contributed by atoms with Crippen molar-refractivity contribution < 1.29 is 14.3 Å². The SMILES string of the molecule is CN(Cc1ccc(C(=O)O)c(F)c1)CC1CCCN1C. The number of likely N-dealkylation sites (N-methyl/N-ethyl adjacent to an activating group) is 2. The van der Waals surface area contributed by atoms with Crippen molar-refractivity contribution in [1.29, 1.82) is 0 Å². The Morgan fingerprint density at radius 1 is 1.55 bits per heavy atom. The predicted molar refractivity (Wildman–Crippen MR) is 75.3 cm³/mol. The number of carboxylic acid groups (broad SMARTS) is 1. The molecule has 4 nitrogen and oxygen atoms in total. The van der Waals surface area contributed by atoms with Crippen LogP contribution in [0.15, 0.2) is 18.2 Å². The summed E-state index contributed by atoms with van der Waals surface area (Å²) in [4.78, 5) is 15.3. The average molecular weight is 280 g/mol. The molecule has 1 heterocycles. The summed E-state index contributed by atoms with van der Waals surface area (Å²) in [5.41, 5.74) is 0.530. The molecule has 1 unspecified atom stereocenters. The van der Waals surface area contributed by atoms with Crippen molar-refractivity contribution >= 4 is 5.97 Å². The van der Waals surface area contributed by atoms with Gasteiger partial charge in [0, 0.05) is 19.1 Å². The fourth-order valence-electron chi connectivity index (χ4n) is 2.78. The summed E-state index contributed by atoms with van der Waals surface area (Å²) in [5, 5.41) is 8.80. The molecule has 1 saturated heterocycles. The molecule has 1 aliphatic heterocycles. The van der Waals surface area contributed by atoms with Crippen LogP contribution in [0, 0.1) is 5.82 Å². The topological polar surface area (TPSA) is 43.8 Å². The van der Waals surface area contributed by atoms with Gasteiger partial charge in [-0.1, -0.05) is 6.07 Å². The fourth-order valence-corrected chi connectivity index (χ4v) is 2.78. The fraction of sp³-hybridized carbons (Fsp3) is 0.533. The van der Waals surface area contributed by atoms with E-state index in [1.54, 1.807) is 6.07 Å². The van der Waals surface area contributed by atoms with E-state index in [1.165, 1.54) is 25.0 Å². The molecule has 0 radical (unpaired) electrons. The van der Waals surface area contributed by atoms with Gasteiger partial charge in [-0.2, -0.15) is 0 Å². The van der Waals surface area contributed by atoms with E-state index in [2.05, 4.69) is 16.8 Å². The molecule has 20 heavy (non-hydrogen) atoms. The highest BCUT2D eigenvalue weighted by Gasteiger charge is 2.22. The molecule has 0 aromatic heterocycles. The molecule has 1 aromatic rings. The summed E-state index contributed by atoms with van der Waals surface area (Å²) in [6.45, 7) is 2.71. The average Bonchev–Trinajstić information content (AvgIpc) is 2.74. The number of hydrogen-bond donors (Lipinski definition) is 1. The smallest absolute Gasteiger partial charge is 0.338 e. The Morgan fingerprint density at radius 3 is 2.85 bits per heavy atom. The van der Waals surface area contributed by atoms with Gasteiger partial charge in [0.2, 0.25) is 0 Å². The normalized spacial score (nSPS) is 19.7. The maximum atomic E-state index is 13.6. The van der Waals surface area contributed by atoms with Gasteiger partial charge in [-0.15, -0.1) is 0 Å². The molecule has 0 saturated carbocycles. The predicted octanol–water partition coefficient (Wildman–Crippen LogP) is 2.05. The molecular formula is C15H21FN2O2. The summed E-state index contributed by atoms with van der Waals surface area (Å²) >= 11 is 0. The molecule has 1 atom stereocenters. The van der Waals surface area contributed by atoms with Crippen LogP contribution in [0.3, 0.4) is 0 Å². The van der Waals surface area contributed by atoms with Crippen LogP contribution in [-0.2, 0) is 6.54 Å². The van der Waals surface area contributed by atoms with Crippen LogP contribution in [0.1, 0.15) is 28.8 Å². The van der Waals surface area contributed by atoms with Gasteiger partial charge < -0.3 is 14.9 Å². The van der Waals surface area contributed by atoms with Crippen LogP contribution in [0.5, 0.6) is 0 Å². The first-order chi connectivity index (χ1) is 9.47. The van der Waals surface area contributed by atoms with Gasteiger partial charge >= 0.3 is 5.97 Å². The first-order valence-corrected chi connectivity index (χ1v) is 6.88. The Hall–Kier alpha value is -1.46. The van der Waals surface area contributed by atoms with E-state index in [0.717, 1.165) is 18.7 Å². The number of likely N-dealkylation sites (tertiary alicyclic amines) is 1. The molecule has 110 valence electrons. The molecule has 2 rings (SSSR count). The quantitative estimate of drug-likeness (QED) is 0.896. The number of hydrogen-bond acceptors (Lipinski definition) is 3. The third kappa shape index (κ3) is 3.55. The molecule has 1 fully saturated rings. The van der Waals surface area contributed by atoms with Crippen LogP contribution in [0.2, 0.25) is 0 Å². The van der Waals surface area contributed by atoms with Gasteiger partial charge in [0.25, 0.3) is 0 Å². The van der Waals surface area contributed by atoms with Gasteiger partial charge in [0.05, 0.1) is 5.56 Å². The molecular weight excluding hydrogens is 259 g/mol. The molecule has 0 bridgehead atoms. The second-order valence-electron chi connectivity index (χ2n) is 5.59. The zero-order chi connectivity index (χ0) is 14.7. The van der Waals surface area contributed by atoms with Crippen molar-refractivity contribution in [2.24, 2.45) is 0 Å². The van der Waals surface area contributed by atoms with Crippen LogP contribution in [-0.4, -0.2) is 54.1 Å². The summed E-state index contributed by atoms with van der Waals surface area (Å²) in [6.07, 6.45) is 2.43. The van der Waals surface area contributed by atoms with Gasteiger partial charge in [0.15, 0.2) is 0 Å². The maximum Gasteiger partial charge on any atom is 0.338 e. The highest BCUT2D eigenvalue weighted by molar-refractivity contribution is 5.87. The van der Waals surface area contributed by atoms with Crippen molar-refractivity contribution in [1.82, 2.24) is 9.80 Å². The number of carbonyl (C=O) groups is 1. The lowest BCUT2D eigenvalue weighted by Gasteiger charge is -2.25. The lowest BCUT2D eigenvalue weighted by molar-refractivity contribution is 0.0692. The van der Waals surface area contributed by atoms with Crippen molar-refractivity contribution in [3.05, 3.63) is 35.1 Å². The van der Waals surface area contributed by atoms with E-state index in [9.17, 15) is 9.18 Å². The minimum Gasteiger partial charge on any atom is -0.478 e. The lowest BCUT2D eigenvalue weighted by Crippen LogP contribution is -2.36. The lowest BCUT2D eigenvalue weighted by atomic mass is 10.1. The summed E-state index contributed by atoms with van der Waals surface area (Å²) in [5.74, 6) is -1.89. The van der Waals surface area contributed by atoms with Gasteiger partial charge in [-0.05, 0) is 51.2 Å². The molecule has 1 N–H and O–H groups in total. The molecule has 0 aliphatic carbocycles. The van der Waals surface area contributed by atoms with E-state index < -0.39 is 11.8 Å². The minimum atomic E-state index is -1.23. The molecule has 5 heteroatoms. The number of carboxylic acids is 1. The van der Waals surface area contributed by atoms with Crippen molar-refractivity contribution in [2.45, 2.75) is 25.4 Å². The Kier molecular flexibility index (Phi) is 4.73. The Bertz CT molecular complexity index is 493. The minimum absolute atomic E-state index is 0.271. The molecule has 0 spiro atoms. The monoisotopic (exact) mass is 280 g/mol. The van der Waals surface area contributed by atoms with Gasteiger partial charge in [-0.3, -0.25) is 0 Å². The summed E-state index contributed by atoms with van der Waals surface area (Å²) in [7, 11) is 4.14. The number of rotatable bonds is 5. The van der Waals surface area contributed by atoms with E-state index in [0.29, 0.717) is 12.6 Å². The maximum absolute atomic E-state index is 13.6. The second-order valence-corrected chi connectivity index (χ2v) is 5.59. The largest absolute Gasteiger partial charge is 0.478 e. The number of benzene rings is 1. The Morgan fingerprint density at radius 2 is 2.30 bits per heavy atom. The van der Waals surface area contributed by atoms with Crippen LogP contribution < -0.4 is 0 Å². The first-order valence-electron chi connectivity index (χ1n) is 6.88. The summed E-state index contributed by atoms with van der Waals surface area (Å²) in [6, 6.07) is 4.89. The Labute approximate surface area is 118 Å². The van der Waals surface area contributed by atoms with Crippen molar-refractivity contribution in [3.63, 3.8) is 0 Å². The van der Waals surface area contributed by atoms with Crippen LogP contribution in [0.4, 0.5) is 4.39 Å². The Balaban J connectivity index is 1.95. The van der Waals surface area contributed by atoms with Crippen molar-refractivity contribution in [3.8, 4) is 0 Å². The van der Waals surface area contributed by atoms with Crippen molar-refractivity contribution in [2.75, 3.05) is 27.2 Å². The number of nitrogens with zero attached hydrogens (tertiary/aromatic N) is 2. The van der Waals surface area contributed by atoms with Gasteiger partial charge in [-0.25, -0.2) is 9.18 Å². The van der Waals surface area contributed by atoms with Gasteiger partial charge in [0.1, 0.15) is 5.82 Å². The molecule has 1 aliphatic rings. The van der Waals surface area contributed by atoms with E-state index in [1.807, 2.05) is 7.05 Å². The zero-order valence-corrected chi connectivity index (χ0v) is 12.0.